The van der Waals surface area contributed by atoms with E-state index in [0.29, 0.717) is 28.9 Å². The molecule has 158 valence electrons. The van der Waals surface area contributed by atoms with Crippen molar-refractivity contribution in [2.45, 2.75) is 11.8 Å². The van der Waals surface area contributed by atoms with Crippen molar-refractivity contribution in [3.63, 3.8) is 0 Å². The fourth-order valence-electron chi connectivity index (χ4n) is 3.52. The van der Waals surface area contributed by atoms with Crippen LogP contribution in [0.25, 0.3) is 28.3 Å². The van der Waals surface area contributed by atoms with Crippen LogP contribution < -0.4 is 4.74 Å². The molecule has 0 spiro atoms. The molecular weight excluding hydrogens is 423 g/mol. The maximum atomic E-state index is 13.6. The van der Waals surface area contributed by atoms with Gasteiger partial charge in [0.25, 0.3) is 0 Å². The highest BCUT2D eigenvalue weighted by Crippen LogP contribution is 2.35. The Hall–Kier alpha value is -3.71. The van der Waals surface area contributed by atoms with Gasteiger partial charge in [-0.15, -0.1) is 0 Å². The van der Waals surface area contributed by atoms with Crippen LogP contribution in [0.4, 0.5) is 4.39 Å². The van der Waals surface area contributed by atoms with E-state index in [1.807, 2.05) is 65.4 Å². The minimum absolute atomic E-state index is 0.294. The second kappa shape index (κ2) is 8.80. The van der Waals surface area contributed by atoms with Crippen molar-refractivity contribution in [1.29, 1.82) is 0 Å². The lowest BCUT2D eigenvalue weighted by Crippen LogP contribution is -1.98. The van der Waals surface area contributed by atoms with Gasteiger partial charge in [0.15, 0.2) is 16.6 Å². The summed E-state index contributed by atoms with van der Waals surface area (Å²) in [6.07, 6.45) is 5.60. The van der Waals surface area contributed by atoms with Crippen LogP contribution in [0.2, 0.25) is 0 Å². The van der Waals surface area contributed by atoms with Crippen LogP contribution in [0, 0.1) is 5.82 Å². The molecule has 0 aliphatic carbocycles. The molecule has 0 saturated heterocycles. The molecular formula is C25H19FN4OS. The molecule has 0 atom stereocenters. The molecule has 0 radical (unpaired) electrons. The van der Waals surface area contributed by atoms with Crippen LogP contribution in [0.3, 0.4) is 0 Å². The molecule has 0 N–H and O–H groups in total. The monoisotopic (exact) mass is 442 g/mol. The molecule has 3 heterocycles. The molecule has 0 bridgehead atoms. The summed E-state index contributed by atoms with van der Waals surface area (Å²) in [6.45, 7) is 0.429. The van der Waals surface area contributed by atoms with E-state index < -0.39 is 0 Å². The first-order valence-electron chi connectivity index (χ1n) is 10.0. The molecule has 5 aromatic rings. The third-order valence-corrected chi connectivity index (χ3v) is 5.59. The third-order valence-electron chi connectivity index (χ3n) is 5.03. The lowest BCUT2D eigenvalue weighted by molar-refractivity contribution is 0.308. The van der Waals surface area contributed by atoms with Crippen LogP contribution in [0.15, 0.2) is 90.3 Å². The minimum atomic E-state index is -0.294. The highest BCUT2D eigenvalue weighted by molar-refractivity contribution is 7.98. The average molecular weight is 443 g/mol. The van der Waals surface area contributed by atoms with Crippen molar-refractivity contribution in [3.05, 3.63) is 96.6 Å². The average Bonchev–Trinajstić information content (AvgIpc) is 3.24. The quantitative estimate of drug-likeness (QED) is 0.242. The third kappa shape index (κ3) is 3.94. The van der Waals surface area contributed by atoms with E-state index >= 15 is 0 Å². The lowest BCUT2D eigenvalue weighted by Gasteiger charge is -2.09. The van der Waals surface area contributed by atoms with Crippen molar-refractivity contribution in [3.8, 4) is 28.4 Å². The number of thioether (sulfide) groups is 1. The number of imidazole rings is 1. The zero-order valence-corrected chi connectivity index (χ0v) is 18.1. The molecule has 0 saturated carbocycles. The van der Waals surface area contributed by atoms with Gasteiger partial charge in [0.1, 0.15) is 12.4 Å². The number of hydrogen-bond acceptors (Lipinski definition) is 5. The number of aromatic nitrogens is 4. The maximum Gasteiger partial charge on any atom is 0.187 e. The Morgan fingerprint density at radius 2 is 1.75 bits per heavy atom. The van der Waals surface area contributed by atoms with Gasteiger partial charge >= 0.3 is 0 Å². The fraction of sp³-hybridized carbons (Fsp3) is 0.0800. The highest BCUT2D eigenvalue weighted by Gasteiger charge is 2.20. The van der Waals surface area contributed by atoms with E-state index in [0.717, 1.165) is 22.5 Å². The lowest BCUT2D eigenvalue weighted by atomic mass is 10.1. The van der Waals surface area contributed by atoms with Gasteiger partial charge < -0.3 is 4.74 Å². The van der Waals surface area contributed by atoms with E-state index in [1.165, 1.54) is 23.9 Å². The molecule has 32 heavy (non-hydrogen) atoms. The predicted molar refractivity (Wildman–Crippen MR) is 124 cm³/mol. The maximum absolute atomic E-state index is 13.6. The van der Waals surface area contributed by atoms with Crippen LogP contribution in [-0.4, -0.2) is 25.6 Å². The van der Waals surface area contributed by atoms with Gasteiger partial charge in [0.2, 0.25) is 0 Å². The summed E-state index contributed by atoms with van der Waals surface area (Å²) >= 11 is 1.47. The first-order valence-corrected chi connectivity index (χ1v) is 11.3. The first-order chi connectivity index (χ1) is 15.7. The SMILES string of the molecule is CSc1nccc(-c2c(-c3ccc(F)cc3)nc3c(OCc4ccccc4)cccn23)n1. The number of ether oxygens (including phenoxy) is 1. The van der Waals surface area contributed by atoms with E-state index in [2.05, 4.69) is 9.97 Å². The Balaban J connectivity index is 1.67. The zero-order chi connectivity index (χ0) is 21.9. The summed E-state index contributed by atoms with van der Waals surface area (Å²) in [5, 5.41) is 0.666. The number of rotatable bonds is 6. The number of pyridine rings is 1. The Labute approximate surface area is 189 Å². The molecule has 5 nitrogen and oxygen atoms in total. The largest absolute Gasteiger partial charge is 0.485 e. The number of benzene rings is 2. The molecule has 0 unspecified atom stereocenters. The van der Waals surface area contributed by atoms with Gasteiger partial charge in [-0.3, -0.25) is 4.40 Å². The van der Waals surface area contributed by atoms with Crippen molar-refractivity contribution in [2.75, 3.05) is 6.26 Å². The summed E-state index contributed by atoms with van der Waals surface area (Å²) < 4.78 is 21.7. The molecule has 2 aromatic carbocycles. The summed E-state index contributed by atoms with van der Waals surface area (Å²) in [7, 11) is 0. The molecule has 7 heteroatoms. The molecule has 3 aromatic heterocycles. The van der Waals surface area contributed by atoms with E-state index in [1.54, 1.807) is 18.3 Å². The van der Waals surface area contributed by atoms with Crippen LogP contribution >= 0.6 is 11.8 Å². The predicted octanol–water partition coefficient (Wildman–Crippen LogP) is 5.90. The molecule has 0 amide bonds. The standard InChI is InChI=1S/C25H19FN4OS/c1-32-25-27-14-13-20(28-25)23-22(18-9-11-19(26)12-10-18)29-24-21(8-5-15-30(23)24)31-16-17-6-3-2-4-7-17/h2-15H,16H2,1H3. The number of hydrogen-bond donors (Lipinski definition) is 0. The van der Waals surface area contributed by atoms with Crippen LogP contribution in [0.1, 0.15) is 5.56 Å². The molecule has 0 aliphatic heterocycles. The summed E-state index contributed by atoms with van der Waals surface area (Å²) in [6, 6.07) is 22.0. The second-order valence-electron chi connectivity index (χ2n) is 7.08. The Morgan fingerprint density at radius 1 is 0.938 bits per heavy atom. The van der Waals surface area contributed by atoms with Gasteiger partial charge in [-0.05, 0) is 54.3 Å². The van der Waals surface area contributed by atoms with Gasteiger partial charge in [0, 0.05) is 18.0 Å². The molecule has 5 rings (SSSR count). The van der Waals surface area contributed by atoms with E-state index in [9.17, 15) is 4.39 Å². The number of nitrogens with zero attached hydrogens (tertiary/aromatic N) is 4. The smallest absolute Gasteiger partial charge is 0.187 e. The summed E-state index contributed by atoms with van der Waals surface area (Å²) in [4.78, 5) is 13.9. The van der Waals surface area contributed by atoms with Crippen LogP contribution in [0.5, 0.6) is 5.75 Å². The van der Waals surface area contributed by atoms with E-state index in [4.69, 9.17) is 9.72 Å². The number of fused-ring (bicyclic) bond motifs is 1. The van der Waals surface area contributed by atoms with Gasteiger partial charge in [0.05, 0.1) is 17.1 Å². The van der Waals surface area contributed by atoms with Crippen molar-refractivity contribution < 1.29 is 9.13 Å². The van der Waals surface area contributed by atoms with Crippen molar-refractivity contribution >= 4 is 17.4 Å². The Kier molecular flexibility index (Phi) is 5.56. The zero-order valence-electron chi connectivity index (χ0n) is 17.3. The van der Waals surface area contributed by atoms with Gasteiger partial charge in [-0.2, -0.15) is 0 Å². The van der Waals surface area contributed by atoms with E-state index in [-0.39, 0.29) is 5.82 Å². The molecule has 0 fully saturated rings. The Morgan fingerprint density at radius 3 is 2.53 bits per heavy atom. The summed E-state index contributed by atoms with van der Waals surface area (Å²) in [5.41, 5.74) is 4.77. The Bertz CT molecular complexity index is 1370. The first kappa shape index (κ1) is 20.2. The topological polar surface area (TPSA) is 52.3 Å². The normalized spacial score (nSPS) is 11.1. The van der Waals surface area contributed by atoms with Crippen molar-refractivity contribution in [1.82, 2.24) is 19.4 Å². The van der Waals surface area contributed by atoms with Gasteiger partial charge in [-0.25, -0.2) is 19.3 Å². The van der Waals surface area contributed by atoms with Crippen molar-refractivity contribution in [2.24, 2.45) is 0 Å². The van der Waals surface area contributed by atoms with Gasteiger partial charge in [-0.1, -0.05) is 42.1 Å². The van der Waals surface area contributed by atoms with Crippen LogP contribution in [-0.2, 0) is 6.61 Å². The molecule has 0 aliphatic rings. The highest BCUT2D eigenvalue weighted by atomic mass is 32.2. The second-order valence-corrected chi connectivity index (χ2v) is 7.86. The summed E-state index contributed by atoms with van der Waals surface area (Å²) in [5.74, 6) is 0.364. The number of halogens is 1. The fourth-order valence-corrected chi connectivity index (χ4v) is 3.87. The minimum Gasteiger partial charge on any atom is -0.485 e.